The molecule has 0 aliphatic rings. The molecular weight excluding hydrogens is 308 g/mol. The van der Waals surface area contributed by atoms with Gasteiger partial charge in [-0.3, -0.25) is 4.79 Å². The summed E-state index contributed by atoms with van der Waals surface area (Å²) in [5, 5.41) is 0. The number of carbonyl (C=O) groups is 4. The molecule has 0 aromatic rings. The summed E-state index contributed by atoms with van der Waals surface area (Å²) >= 11 is 0. The van der Waals surface area contributed by atoms with Crippen molar-refractivity contribution in [1.29, 1.82) is 0 Å². The van der Waals surface area contributed by atoms with Crippen molar-refractivity contribution in [2.75, 3.05) is 26.4 Å². The molecule has 0 bridgehead atoms. The molecule has 0 amide bonds. The molecule has 0 aliphatic heterocycles. The van der Waals surface area contributed by atoms with Gasteiger partial charge in [0.25, 0.3) is 0 Å². The summed E-state index contributed by atoms with van der Waals surface area (Å²) < 4.78 is 18.6. The predicted molar refractivity (Wildman–Crippen MR) is 78.0 cm³/mol. The molecule has 0 saturated heterocycles. The smallest absolute Gasteiger partial charge is 0.334 e. The lowest BCUT2D eigenvalue weighted by atomic mass is 10.2. The van der Waals surface area contributed by atoms with Crippen molar-refractivity contribution in [3.8, 4) is 0 Å². The first-order valence-corrected chi connectivity index (χ1v) is 6.49. The lowest BCUT2D eigenvalue weighted by Gasteiger charge is -2.08. The highest BCUT2D eigenvalue weighted by Gasteiger charge is 2.14. The predicted octanol–water partition coefficient (Wildman–Crippen LogP) is 0.478. The molecule has 0 radical (unpaired) electrons. The maximum absolute atomic E-state index is 11.5. The largest absolute Gasteiger partial charge is 0.462 e. The minimum atomic E-state index is -0.810. The minimum absolute atomic E-state index is 0.117. The van der Waals surface area contributed by atoms with Gasteiger partial charge in [0.15, 0.2) is 0 Å². The van der Waals surface area contributed by atoms with Crippen LogP contribution in [0.1, 0.15) is 6.42 Å². The van der Waals surface area contributed by atoms with Crippen molar-refractivity contribution in [3.05, 3.63) is 37.5 Å². The number of carbonyl (C=O) groups excluding carboxylic acids is 4. The fourth-order valence-electron chi connectivity index (χ4n) is 1.09. The molecule has 0 fully saturated rings. The van der Waals surface area contributed by atoms with E-state index in [1.54, 1.807) is 0 Å². The van der Waals surface area contributed by atoms with Crippen LogP contribution in [0.3, 0.4) is 0 Å². The maximum Gasteiger partial charge on any atom is 0.334 e. The SMILES string of the molecule is C=CC(=O)OCCOC(=O)CC(=C)C(=O)OCCOC(=O)C=C. The first kappa shape index (κ1) is 20.1. The van der Waals surface area contributed by atoms with E-state index in [4.69, 9.17) is 9.47 Å². The van der Waals surface area contributed by atoms with Gasteiger partial charge in [-0.1, -0.05) is 19.7 Å². The van der Waals surface area contributed by atoms with Gasteiger partial charge in [-0.2, -0.15) is 0 Å². The van der Waals surface area contributed by atoms with E-state index >= 15 is 0 Å². The van der Waals surface area contributed by atoms with Gasteiger partial charge in [0.2, 0.25) is 0 Å². The molecule has 0 spiro atoms. The number of rotatable bonds is 11. The summed E-state index contributed by atoms with van der Waals surface area (Å²) in [4.78, 5) is 44.3. The van der Waals surface area contributed by atoms with Crippen LogP contribution in [0.5, 0.6) is 0 Å². The molecule has 126 valence electrons. The summed E-state index contributed by atoms with van der Waals surface area (Å²) in [7, 11) is 0. The highest BCUT2D eigenvalue weighted by atomic mass is 16.6. The average molecular weight is 326 g/mol. The van der Waals surface area contributed by atoms with Gasteiger partial charge in [0.1, 0.15) is 26.4 Å². The second-order valence-electron chi connectivity index (χ2n) is 3.88. The van der Waals surface area contributed by atoms with Crippen LogP contribution in [0.15, 0.2) is 37.5 Å². The zero-order valence-corrected chi connectivity index (χ0v) is 12.6. The Morgan fingerprint density at radius 2 is 1.17 bits per heavy atom. The summed E-state index contributed by atoms with van der Waals surface area (Å²) in [5.41, 5.74) is -0.117. The molecule has 8 nitrogen and oxygen atoms in total. The van der Waals surface area contributed by atoms with E-state index in [1.165, 1.54) is 0 Å². The molecule has 8 heteroatoms. The fraction of sp³-hybridized carbons (Fsp3) is 0.333. The zero-order valence-electron chi connectivity index (χ0n) is 12.6. The number of hydrogen-bond donors (Lipinski definition) is 0. The Kier molecular flexibility index (Phi) is 10.2. The first-order chi connectivity index (χ1) is 10.9. The van der Waals surface area contributed by atoms with Gasteiger partial charge < -0.3 is 18.9 Å². The molecule has 0 atom stereocenters. The van der Waals surface area contributed by atoms with Crippen molar-refractivity contribution < 1.29 is 38.1 Å². The van der Waals surface area contributed by atoms with Crippen molar-refractivity contribution in [1.82, 2.24) is 0 Å². The van der Waals surface area contributed by atoms with E-state index in [2.05, 4.69) is 29.2 Å². The van der Waals surface area contributed by atoms with Gasteiger partial charge in [-0.15, -0.1) is 0 Å². The van der Waals surface area contributed by atoms with Gasteiger partial charge in [-0.25, -0.2) is 14.4 Å². The van der Waals surface area contributed by atoms with Gasteiger partial charge in [0, 0.05) is 17.7 Å². The molecule has 0 unspecified atom stereocenters. The van der Waals surface area contributed by atoms with E-state index in [9.17, 15) is 19.2 Å². The van der Waals surface area contributed by atoms with Crippen LogP contribution in [-0.2, 0) is 38.1 Å². The van der Waals surface area contributed by atoms with E-state index in [-0.39, 0.29) is 38.4 Å². The molecular formula is C15H18O8. The third-order valence-electron chi connectivity index (χ3n) is 2.13. The summed E-state index contributed by atoms with van der Waals surface area (Å²) in [6, 6.07) is 0. The Morgan fingerprint density at radius 1 is 0.739 bits per heavy atom. The Morgan fingerprint density at radius 3 is 1.65 bits per heavy atom. The quantitative estimate of drug-likeness (QED) is 0.234. The fourth-order valence-corrected chi connectivity index (χ4v) is 1.09. The third kappa shape index (κ3) is 10.5. The standard InChI is InChI=1S/C15H18O8/c1-4-12(16)20-6-7-22-14(18)10-11(3)15(19)23-9-8-21-13(17)5-2/h4-5H,1-3,6-10H2. The average Bonchev–Trinajstić information content (AvgIpc) is 2.54. The lowest BCUT2D eigenvalue weighted by molar-refractivity contribution is -0.151. The van der Waals surface area contributed by atoms with E-state index < -0.39 is 23.9 Å². The third-order valence-corrected chi connectivity index (χ3v) is 2.13. The second-order valence-corrected chi connectivity index (χ2v) is 3.88. The van der Waals surface area contributed by atoms with Crippen molar-refractivity contribution in [3.63, 3.8) is 0 Å². The Hall–Kier alpha value is -2.90. The molecule has 23 heavy (non-hydrogen) atoms. The van der Waals surface area contributed by atoms with Crippen LogP contribution >= 0.6 is 0 Å². The van der Waals surface area contributed by atoms with Crippen LogP contribution in [0, 0.1) is 0 Å². The zero-order chi connectivity index (χ0) is 17.7. The monoisotopic (exact) mass is 326 g/mol. The maximum atomic E-state index is 11.5. The van der Waals surface area contributed by atoms with Crippen molar-refractivity contribution >= 4 is 23.9 Å². The number of hydrogen-bond acceptors (Lipinski definition) is 8. The molecule has 0 rings (SSSR count). The lowest BCUT2D eigenvalue weighted by Crippen LogP contribution is -2.17. The topological polar surface area (TPSA) is 105 Å². The Balaban J connectivity index is 3.84. The van der Waals surface area contributed by atoms with Crippen LogP contribution in [0.4, 0.5) is 0 Å². The van der Waals surface area contributed by atoms with Gasteiger partial charge in [0.05, 0.1) is 6.42 Å². The van der Waals surface area contributed by atoms with Crippen LogP contribution < -0.4 is 0 Å². The van der Waals surface area contributed by atoms with Crippen LogP contribution in [0.2, 0.25) is 0 Å². The molecule has 0 heterocycles. The van der Waals surface area contributed by atoms with E-state index in [1.807, 2.05) is 0 Å². The Labute approximate surface area is 133 Å². The molecule has 0 aliphatic carbocycles. The Bertz CT molecular complexity index is 492. The van der Waals surface area contributed by atoms with Crippen molar-refractivity contribution in [2.24, 2.45) is 0 Å². The normalized spacial score (nSPS) is 9.22. The minimum Gasteiger partial charge on any atom is -0.462 e. The van der Waals surface area contributed by atoms with Crippen molar-refractivity contribution in [2.45, 2.75) is 6.42 Å². The summed E-state index contributed by atoms with van der Waals surface area (Å²) in [6.45, 7) is 9.21. The summed E-state index contributed by atoms with van der Waals surface area (Å²) in [6.07, 6.45) is 1.58. The van der Waals surface area contributed by atoms with E-state index in [0.29, 0.717) is 0 Å². The second kappa shape index (κ2) is 11.7. The van der Waals surface area contributed by atoms with Gasteiger partial charge in [-0.05, 0) is 0 Å². The van der Waals surface area contributed by atoms with Gasteiger partial charge >= 0.3 is 23.9 Å². The van der Waals surface area contributed by atoms with Crippen LogP contribution in [-0.4, -0.2) is 50.3 Å². The molecule has 0 N–H and O–H groups in total. The molecule has 0 aromatic carbocycles. The van der Waals surface area contributed by atoms with Crippen LogP contribution in [0.25, 0.3) is 0 Å². The first-order valence-electron chi connectivity index (χ1n) is 6.49. The summed E-state index contributed by atoms with van der Waals surface area (Å²) in [5.74, 6) is -2.80. The molecule has 0 saturated carbocycles. The number of ether oxygens (including phenoxy) is 4. The molecule has 0 aromatic heterocycles. The van der Waals surface area contributed by atoms with E-state index in [0.717, 1.165) is 12.2 Å². The highest BCUT2D eigenvalue weighted by molar-refractivity contribution is 5.93. The highest BCUT2D eigenvalue weighted by Crippen LogP contribution is 2.03. The number of esters is 4.